The number of benzene rings is 1. The van der Waals surface area contributed by atoms with Gasteiger partial charge in [0.05, 0.1) is 5.02 Å². The topological polar surface area (TPSA) is 415 Å². The van der Waals surface area contributed by atoms with Crippen LogP contribution in [0.15, 0.2) is 23.2 Å². The Kier molecular flexibility index (Phi) is 20.9. The Morgan fingerprint density at radius 1 is 0.986 bits per heavy atom. The third-order valence-corrected chi connectivity index (χ3v) is 12.5. The number of guanidine groups is 1. The van der Waals surface area contributed by atoms with Crippen molar-refractivity contribution in [3.8, 4) is 5.75 Å². The molecule has 2 heterocycles. The second kappa shape index (κ2) is 24.9. The SMILES string of the molecule is CCC(C)C1C(=O)N(C)C(Cc2ccc(O)c(Cl)c2)C(=O)NC(C(C)C)C(=O)OC(C)C(NC(=O)C(COS(=O)(=O)O)OS(=O)(=O)O)C(=O)NC(CCCN=C(N)N)C(=O)NC2CCC(O)N1C2=O. The van der Waals surface area contributed by atoms with Gasteiger partial charge in [-0.05, 0) is 62.1 Å². The van der Waals surface area contributed by atoms with E-state index in [-0.39, 0.29) is 61.8 Å². The molecule has 1 aromatic carbocycles. The number of cyclic esters (lactones) is 1. The van der Waals surface area contributed by atoms with E-state index in [2.05, 4.69) is 29.3 Å². The van der Waals surface area contributed by atoms with Crippen molar-refractivity contribution in [2.45, 2.75) is 128 Å². The highest BCUT2D eigenvalue weighted by Gasteiger charge is 2.47. The normalized spacial score (nSPS) is 25.8. The van der Waals surface area contributed by atoms with Crippen LogP contribution in [-0.4, -0.2) is 168 Å². The Balaban J connectivity index is 2.29. The largest absolute Gasteiger partial charge is 0.506 e. The van der Waals surface area contributed by atoms with E-state index in [1.165, 1.54) is 39.1 Å². The number of piperidine rings is 1. The molecule has 2 bridgehead atoms. The minimum atomic E-state index is -5.60. The number of nitrogens with one attached hydrogen (secondary N) is 4. The van der Waals surface area contributed by atoms with Crippen LogP contribution in [0.4, 0.5) is 0 Å². The number of hydrogen-bond donors (Lipinski definition) is 10. The molecule has 6 amide bonds. The minimum absolute atomic E-state index is 0.0251. The number of rotatable bonds is 16. The summed E-state index contributed by atoms with van der Waals surface area (Å²) in [6.07, 6.45) is -6.80. The lowest BCUT2D eigenvalue weighted by atomic mass is 9.91. The average molecular weight is 1040 g/mol. The molecule has 2 saturated heterocycles. The fourth-order valence-corrected chi connectivity index (χ4v) is 8.29. The molecule has 12 N–H and O–H groups in total. The van der Waals surface area contributed by atoms with E-state index in [0.29, 0.717) is 5.56 Å². The van der Waals surface area contributed by atoms with Crippen LogP contribution in [0.1, 0.15) is 72.3 Å². The van der Waals surface area contributed by atoms with Gasteiger partial charge in [0.25, 0.3) is 5.91 Å². The minimum Gasteiger partial charge on any atom is -0.506 e. The molecule has 2 fully saturated rings. The van der Waals surface area contributed by atoms with E-state index < -0.39 is 135 Å². The van der Waals surface area contributed by atoms with Gasteiger partial charge in [0, 0.05) is 20.0 Å². The summed E-state index contributed by atoms with van der Waals surface area (Å²) in [5.74, 6) is -10.2. The van der Waals surface area contributed by atoms with Crippen molar-refractivity contribution in [1.29, 1.82) is 0 Å². The number of nitrogens with two attached hydrogens (primary N) is 2. The molecule has 10 atom stereocenters. The van der Waals surface area contributed by atoms with Gasteiger partial charge >= 0.3 is 26.8 Å². The van der Waals surface area contributed by atoms with Crippen molar-refractivity contribution in [2.75, 3.05) is 20.2 Å². The number of amides is 6. The number of carbonyl (C=O) groups excluding carboxylic acids is 7. The fraction of sp³-hybridized carbons (Fsp3) is 0.641. The third-order valence-electron chi connectivity index (χ3n) is 11.2. The van der Waals surface area contributed by atoms with Crippen LogP contribution < -0.4 is 32.7 Å². The van der Waals surface area contributed by atoms with Gasteiger partial charge in [-0.25, -0.2) is 13.2 Å². The van der Waals surface area contributed by atoms with Gasteiger partial charge in [0.1, 0.15) is 60.9 Å². The predicted octanol–water partition coefficient (Wildman–Crippen LogP) is -2.63. The number of likely N-dealkylation sites (N-methyl/N-ethyl adjacent to an activating group) is 1. The highest BCUT2D eigenvalue weighted by Crippen LogP contribution is 2.29. The van der Waals surface area contributed by atoms with Gasteiger partial charge < -0.3 is 57.5 Å². The highest BCUT2D eigenvalue weighted by molar-refractivity contribution is 7.81. The number of fused-ring (bicyclic) bond motifs is 2. The van der Waals surface area contributed by atoms with E-state index in [4.69, 9.17) is 32.4 Å². The van der Waals surface area contributed by atoms with Crippen LogP contribution in [0.2, 0.25) is 5.02 Å². The van der Waals surface area contributed by atoms with Crippen LogP contribution in [0.25, 0.3) is 0 Å². The van der Waals surface area contributed by atoms with Gasteiger partial charge in [0.15, 0.2) is 12.1 Å². The molecular weight excluding hydrogens is 982 g/mol. The van der Waals surface area contributed by atoms with Gasteiger partial charge in [-0.3, -0.25) is 42.9 Å². The first-order valence-electron chi connectivity index (χ1n) is 21.4. The number of ether oxygens (including phenoxy) is 1. The summed E-state index contributed by atoms with van der Waals surface area (Å²) < 4.78 is 78.4. The van der Waals surface area contributed by atoms with Crippen molar-refractivity contribution >= 4 is 79.8 Å². The monoisotopic (exact) mass is 1040 g/mol. The average Bonchev–Trinajstić information content (AvgIpc) is 3.24. The summed E-state index contributed by atoms with van der Waals surface area (Å²) in [6, 6.07) is -5.86. The smallest absolute Gasteiger partial charge is 0.398 e. The summed E-state index contributed by atoms with van der Waals surface area (Å²) >= 11 is 6.20. The van der Waals surface area contributed by atoms with Crippen molar-refractivity contribution < 1.29 is 82.8 Å². The van der Waals surface area contributed by atoms with Gasteiger partial charge in [0.2, 0.25) is 29.5 Å². The number of phenolic OH excluding ortho intramolecular Hbond substituents is 1. The summed E-state index contributed by atoms with van der Waals surface area (Å²) in [5.41, 5.74) is 11.2. The van der Waals surface area contributed by atoms with Crippen molar-refractivity contribution in [2.24, 2.45) is 28.3 Å². The summed E-state index contributed by atoms with van der Waals surface area (Å²) in [5, 5.41) is 30.9. The molecular formula is C39H60ClN9O18S2. The number of esters is 1. The number of hydrogen-bond acceptors (Lipinski definition) is 17. The lowest BCUT2D eigenvalue weighted by molar-refractivity contribution is -0.168. The molecule has 69 heavy (non-hydrogen) atoms. The molecule has 3 rings (SSSR count). The maximum absolute atomic E-state index is 14.8. The maximum Gasteiger partial charge on any atom is 0.398 e. The lowest BCUT2D eigenvalue weighted by Crippen LogP contribution is -2.66. The standard InChI is InChI=1S/C39H60ClN9O18S2/c1-7-19(4)31-37(57)48(6)25(16-21-10-12-26(50)22(40)15-21)33(53)46-29(18(2)3)38(58)66-20(5)30(47-34(54)27(67-69(62,63)64)17-65-68(59,60)61)35(55)44-23(9-8-14-43-39(41)42)32(52)45-24-11-13-28(51)49(31)36(24)56/h10,12,15,18-20,23-25,27-31,50-51H,7-9,11,13-14,16-17H2,1-6H3,(H,44,55)(H,45,52)(H,46,53)(H,47,54)(H4,41,42,43)(H,59,60,61)(H,62,63,64). The van der Waals surface area contributed by atoms with Crippen molar-refractivity contribution in [1.82, 2.24) is 31.1 Å². The molecule has 0 spiro atoms. The van der Waals surface area contributed by atoms with Gasteiger partial charge in [-0.2, -0.15) is 16.8 Å². The molecule has 0 saturated carbocycles. The summed E-state index contributed by atoms with van der Waals surface area (Å²) in [4.78, 5) is 106. The molecule has 388 valence electrons. The Hall–Kier alpha value is -5.43. The van der Waals surface area contributed by atoms with E-state index in [0.717, 1.165) is 16.7 Å². The molecule has 0 aliphatic carbocycles. The Bertz CT molecular complexity index is 2320. The number of aliphatic hydroxyl groups is 1. The number of phenols is 1. The summed E-state index contributed by atoms with van der Waals surface area (Å²) in [6.45, 7) is 5.65. The molecule has 2 aliphatic rings. The Morgan fingerprint density at radius 2 is 1.64 bits per heavy atom. The first-order valence-corrected chi connectivity index (χ1v) is 24.6. The van der Waals surface area contributed by atoms with Crippen molar-refractivity contribution in [3.63, 3.8) is 0 Å². The fourth-order valence-electron chi connectivity index (χ4n) is 7.35. The number of aliphatic imine (C=N–C) groups is 1. The summed E-state index contributed by atoms with van der Waals surface area (Å²) in [7, 11) is -9.73. The zero-order valence-corrected chi connectivity index (χ0v) is 40.8. The molecule has 30 heteroatoms. The predicted molar refractivity (Wildman–Crippen MR) is 241 cm³/mol. The second-order valence-electron chi connectivity index (χ2n) is 16.7. The van der Waals surface area contributed by atoms with Crippen LogP contribution in [0.5, 0.6) is 5.75 Å². The van der Waals surface area contributed by atoms with Crippen LogP contribution in [-0.2, 0) is 73.9 Å². The molecule has 1 aromatic rings. The van der Waals surface area contributed by atoms with Crippen LogP contribution in [0.3, 0.4) is 0 Å². The first kappa shape index (κ1) is 57.9. The zero-order chi connectivity index (χ0) is 52.3. The van der Waals surface area contributed by atoms with Crippen LogP contribution in [0, 0.1) is 11.8 Å². The van der Waals surface area contributed by atoms with E-state index in [9.17, 15) is 65.2 Å². The number of halogens is 1. The third kappa shape index (κ3) is 16.9. The molecule has 27 nitrogen and oxygen atoms in total. The molecule has 2 aliphatic heterocycles. The number of carbonyl (C=O) groups is 7. The molecule has 0 radical (unpaired) electrons. The zero-order valence-electron chi connectivity index (χ0n) is 38.4. The highest BCUT2D eigenvalue weighted by atomic mass is 35.5. The van der Waals surface area contributed by atoms with E-state index in [1.54, 1.807) is 13.8 Å². The Labute approximate surface area is 403 Å². The molecule has 10 unspecified atom stereocenters. The Morgan fingerprint density at radius 3 is 2.20 bits per heavy atom. The lowest BCUT2D eigenvalue weighted by Gasteiger charge is -2.44. The van der Waals surface area contributed by atoms with Crippen molar-refractivity contribution in [3.05, 3.63) is 28.8 Å². The number of aromatic hydroxyl groups is 1. The maximum atomic E-state index is 14.8. The number of aliphatic hydroxyl groups excluding tert-OH is 1. The van der Waals surface area contributed by atoms with Gasteiger partial charge in [-0.1, -0.05) is 51.8 Å². The second-order valence-corrected chi connectivity index (χ2v) is 19.3. The van der Waals surface area contributed by atoms with Gasteiger partial charge in [-0.15, -0.1) is 0 Å². The van der Waals surface area contributed by atoms with Crippen LogP contribution >= 0.6 is 11.6 Å². The quantitative estimate of drug-likeness (QED) is 0.0266. The van der Waals surface area contributed by atoms with E-state index in [1.807, 2.05) is 5.32 Å². The number of nitrogens with zero attached hydrogens (tertiary/aromatic N) is 3. The first-order chi connectivity index (χ1) is 32.0. The van der Waals surface area contributed by atoms with E-state index >= 15 is 0 Å². The molecule has 0 aromatic heterocycles.